The van der Waals surface area contributed by atoms with E-state index in [1.54, 1.807) is 16.4 Å². The van der Waals surface area contributed by atoms with Crippen LogP contribution in [0.5, 0.6) is 0 Å². The lowest BCUT2D eigenvalue weighted by molar-refractivity contribution is -0.138. The number of hydrogen-bond acceptors (Lipinski definition) is 9. The molecule has 3 heterocycles. The highest BCUT2D eigenvalue weighted by molar-refractivity contribution is 7.89. The Balaban J connectivity index is 1.45. The summed E-state index contributed by atoms with van der Waals surface area (Å²) in [7, 11) is -3.79. The maximum absolute atomic E-state index is 14.3. The zero-order valence-corrected chi connectivity index (χ0v) is 30.5. The molecule has 2 atom stereocenters. The van der Waals surface area contributed by atoms with Gasteiger partial charge in [-0.25, -0.2) is 17.8 Å². The number of aromatic nitrogens is 7. The molecule has 51 heavy (non-hydrogen) atoms. The van der Waals surface area contributed by atoms with Crippen molar-refractivity contribution in [2.45, 2.75) is 84.8 Å². The summed E-state index contributed by atoms with van der Waals surface area (Å²) in [5.41, 5.74) is 5.49. The SMILES string of the molecule is CC[C@H]1Cc2ccccc2S(=O)(=O)N(Cc2cc(C(c3ccc4c(nnn4CC)c3C)C(C)(C)C(=O)Nc3nnnn3CC(=O)O)ccc2C)C1. The number of fused-ring (bicyclic) bond motifs is 2. The fourth-order valence-corrected chi connectivity index (χ4v) is 8.84. The van der Waals surface area contributed by atoms with E-state index in [0.29, 0.717) is 29.9 Å². The summed E-state index contributed by atoms with van der Waals surface area (Å²) in [5.74, 6) is -2.10. The smallest absolute Gasteiger partial charge is 0.325 e. The molecule has 1 aliphatic rings. The first kappa shape index (κ1) is 35.8. The van der Waals surface area contributed by atoms with E-state index in [2.05, 4.69) is 38.1 Å². The molecule has 1 unspecified atom stereocenters. The number of carbonyl (C=O) groups excluding carboxylic acids is 1. The van der Waals surface area contributed by atoms with Crippen molar-refractivity contribution in [2.24, 2.45) is 11.3 Å². The second kappa shape index (κ2) is 13.9. The summed E-state index contributed by atoms with van der Waals surface area (Å²) < 4.78 is 32.7. The molecule has 0 spiro atoms. The van der Waals surface area contributed by atoms with Gasteiger partial charge in [-0.15, -0.1) is 5.10 Å². The molecule has 1 amide bonds. The summed E-state index contributed by atoms with van der Waals surface area (Å²) in [6.45, 7) is 12.3. The third-order valence-electron chi connectivity index (χ3n) is 10.1. The number of nitrogens with zero attached hydrogens (tertiary/aromatic N) is 8. The maximum atomic E-state index is 14.3. The van der Waals surface area contributed by atoms with Gasteiger partial charge in [0.25, 0.3) is 0 Å². The number of rotatable bonds is 11. The number of sulfonamides is 1. The first-order valence-electron chi connectivity index (χ1n) is 17.1. The number of tetrazole rings is 1. The van der Waals surface area contributed by atoms with Crippen LogP contribution in [0.4, 0.5) is 5.95 Å². The molecular formula is C36H43N9O5S. The van der Waals surface area contributed by atoms with Gasteiger partial charge in [-0.3, -0.25) is 14.9 Å². The van der Waals surface area contributed by atoms with Crippen molar-refractivity contribution >= 4 is 38.9 Å². The highest BCUT2D eigenvalue weighted by Crippen LogP contribution is 2.45. The molecule has 0 bridgehead atoms. The van der Waals surface area contributed by atoms with Gasteiger partial charge in [0, 0.05) is 25.6 Å². The number of benzene rings is 3. The number of nitrogens with one attached hydrogen (secondary N) is 1. The quantitative estimate of drug-likeness (QED) is 0.195. The Morgan fingerprint density at radius 1 is 1.02 bits per heavy atom. The molecule has 6 rings (SSSR count). The minimum absolute atomic E-state index is 0.0889. The fraction of sp³-hybridized carbons (Fsp3) is 0.417. The van der Waals surface area contributed by atoms with Crippen molar-refractivity contribution in [3.8, 4) is 0 Å². The Kier molecular flexibility index (Phi) is 9.79. The van der Waals surface area contributed by atoms with Crippen LogP contribution in [0.15, 0.2) is 59.5 Å². The number of anilines is 1. The van der Waals surface area contributed by atoms with Crippen LogP contribution >= 0.6 is 0 Å². The average Bonchev–Trinajstić information content (AvgIpc) is 3.70. The number of carbonyl (C=O) groups is 2. The standard InChI is InChI=1S/C36H43N9O5S/c1-7-24-17-25-11-9-10-12-30(25)51(49,50)43(19-24)20-27-18-26(14-13-22(27)3)32(28-15-16-29-33(23(28)4)38-41-44(29)8-2)36(5,6)34(48)37-35-39-40-42-45(35)21-31(46)47/h9-16,18,24,32H,7-8,17,19-21H2,1-6H3,(H,46,47)(H,37,39,42,48)/t24-,32?/m0/s1. The van der Waals surface area contributed by atoms with Crippen LogP contribution in [0.3, 0.4) is 0 Å². The van der Waals surface area contributed by atoms with Crippen molar-refractivity contribution in [2.75, 3.05) is 11.9 Å². The first-order chi connectivity index (χ1) is 24.3. The van der Waals surface area contributed by atoms with Gasteiger partial charge in [-0.1, -0.05) is 80.0 Å². The zero-order chi connectivity index (χ0) is 36.7. The highest BCUT2D eigenvalue weighted by atomic mass is 32.2. The first-order valence-corrected chi connectivity index (χ1v) is 18.5. The van der Waals surface area contributed by atoms with Gasteiger partial charge in [0.05, 0.1) is 15.8 Å². The van der Waals surface area contributed by atoms with Gasteiger partial charge in [0.2, 0.25) is 21.9 Å². The molecule has 5 aromatic rings. The van der Waals surface area contributed by atoms with Gasteiger partial charge in [-0.2, -0.15) is 4.31 Å². The Morgan fingerprint density at radius 3 is 2.51 bits per heavy atom. The predicted molar refractivity (Wildman–Crippen MR) is 190 cm³/mol. The Morgan fingerprint density at radius 2 is 1.78 bits per heavy atom. The van der Waals surface area contributed by atoms with Gasteiger partial charge in [0.1, 0.15) is 12.1 Å². The fourth-order valence-electron chi connectivity index (χ4n) is 7.12. The number of amides is 1. The molecule has 2 N–H and O–H groups in total. The van der Waals surface area contributed by atoms with E-state index in [9.17, 15) is 23.1 Å². The molecule has 0 radical (unpaired) electrons. The Bertz CT molecular complexity index is 2230. The molecular weight excluding hydrogens is 671 g/mol. The van der Waals surface area contributed by atoms with Crippen molar-refractivity contribution < 1.29 is 23.1 Å². The van der Waals surface area contributed by atoms with Crippen LogP contribution < -0.4 is 5.32 Å². The maximum Gasteiger partial charge on any atom is 0.325 e. The lowest BCUT2D eigenvalue weighted by atomic mass is 9.69. The van der Waals surface area contributed by atoms with E-state index in [-0.39, 0.29) is 18.4 Å². The van der Waals surface area contributed by atoms with E-state index < -0.39 is 39.8 Å². The van der Waals surface area contributed by atoms with Gasteiger partial charge >= 0.3 is 5.97 Å². The van der Waals surface area contributed by atoms with Crippen LogP contribution in [0.2, 0.25) is 0 Å². The zero-order valence-electron chi connectivity index (χ0n) is 29.7. The molecule has 1 aliphatic heterocycles. The summed E-state index contributed by atoms with van der Waals surface area (Å²) >= 11 is 0. The average molecular weight is 714 g/mol. The van der Waals surface area contributed by atoms with Gasteiger partial charge in [0.15, 0.2) is 0 Å². The van der Waals surface area contributed by atoms with E-state index in [0.717, 1.165) is 50.0 Å². The Labute approximate surface area is 296 Å². The van der Waals surface area contributed by atoms with Crippen molar-refractivity contribution in [3.63, 3.8) is 0 Å². The number of aryl methyl sites for hydroxylation is 3. The Hall–Kier alpha value is -5.02. The van der Waals surface area contributed by atoms with Crippen LogP contribution in [-0.4, -0.2) is 71.5 Å². The number of carboxylic acids is 1. The summed E-state index contributed by atoms with van der Waals surface area (Å²) in [6.07, 6.45) is 1.53. The summed E-state index contributed by atoms with van der Waals surface area (Å²) in [5, 5.41) is 32.0. The normalized spacial score (nSPS) is 16.8. The van der Waals surface area contributed by atoms with E-state index in [1.165, 1.54) is 0 Å². The third kappa shape index (κ3) is 6.75. The van der Waals surface area contributed by atoms with Crippen LogP contribution in [0.25, 0.3) is 11.0 Å². The van der Waals surface area contributed by atoms with Crippen LogP contribution in [0.1, 0.15) is 73.4 Å². The largest absolute Gasteiger partial charge is 0.480 e. The molecule has 0 aliphatic carbocycles. The second-order valence-electron chi connectivity index (χ2n) is 13.8. The monoisotopic (exact) mass is 713 g/mol. The van der Waals surface area contributed by atoms with Crippen LogP contribution in [0, 0.1) is 25.2 Å². The molecule has 2 aromatic heterocycles. The number of aliphatic carboxylic acids is 1. The lowest BCUT2D eigenvalue weighted by Gasteiger charge is -2.35. The molecule has 14 nitrogen and oxygen atoms in total. The lowest BCUT2D eigenvalue weighted by Crippen LogP contribution is -2.38. The van der Waals surface area contributed by atoms with Gasteiger partial charge < -0.3 is 5.11 Å². The van der Waals surface area contributed by atoms with Crippen molar-refractivity contribution in [1.82, 2.24) is 39.5 Å². The summed E-state index contributed by atoms with van der Waals surface area (Å²) in [6, 6.07) is 17.1. The van der Waals surface area contributed by atoms with Crippen molar-refractivity contribution in [3.05, 3.63) is 88.0 Å². The van der Waals surface area contributed by atoms with Crippen molar-refractivity contribution in [1.29, 1.82) is 0 Å². The summed E-state index contributed by atoms with van der Waals surface area (Å²) in [4.78, 5) is 26.0. The molecule has 0 saturated heterocycles. The van der Waals surface area contributed by atoms with E-state index >= 15 is 0 Å². The van der Waals surface area contributed by atoms with Crippen LogP contribution in [-0.2, 0) is 45.7 Å². The molecule has 0 fully saturated rings. The third-order valence-corrected chi connectivity index (χ3v) is 12.0. The van der Waals surface area contributed by atoms with Gasteiger partial charge in [-0.05, 0) is 89.1 Å². The molecule has 3 aromatic carbocycles. The van der Waals surface area contributed by atoms with E-state index in [1.807, 2.05) is 81.8 Å². The number of carboxylic acid groups (broad SMARTS) is 1. The highest BCUT2D eigenvalue weighted by Gasteiger charge is 2.41. The predicted octanol–water partition coefficient (Wildman–Crippen LogP) is 4.71. The van der Waals surface area contributed by atoms with E-state index in [4.69, 9.17) is 0 Å². The topological polar surface area (TPSA) is 178 Å². The molecule has 15 heteroatoms. The minimum atomic E-state index is -3.79. The second-order valence-corrected chi connectivity index (χ2v) is 15.7. The minimum Gasteiger partial charge on any atom is -0.480 e. The molecule has 0 saturated carbocycles. The molecule has 268 valence electrons. The number of hydrogen-bond donors (Lipinski definition) is 2.